The lowest BCUT2D eigenvalue weighted by Gasteiger charge is -2.21. The lowest BCUT2D eigenvalue weighted by atomic mass is 10.1. The van der Waals surface area contributed by atoms with Gasteiger partial charge in [0, 0.05) is 23.5 Å². The highest BCUT2D eigenvalue weighted by molar-refractivity contribution is 6.31. The van der Waals surface area contributed by atoms with Gasteiger partial charge in [-0.25, -0.2) is 0 Å². The molecule has 2 aromatic carbocycles. The number of nitrogens with one attached hydrogen (secondary N) is 1. The second kappa shape index (κ2) is 9.46. The number of hydrogen-bond acceptors (Lipinski definition) is 3. The molecule has 0 fully saturated rings. The molecule has 7 heteroatoms. The summed E-state index contributed by atoms with van der Waals surface area (Å²) < 4.78 is 5.20. The van der Waals surface area contributed by atoms with E-state index in [2.05, 4.69) is 5.32 Å². The molecule has 0 atom stereocenters. The largest absolute Gasteiger partial charge is 0.495 e. The van der Waals surface area contributed by atoms with Gasteiger partial charge in [-0.05, 0) is 42.3 Å². The van der Waals surface area contributed by atoms with Crippen LogP contribution in [0.3, 0.4) is 0 Å². The van der Waals surface area contributed by atoms with Crippen molar-refractivity contribution in [1.82, 2.24) is 4.90 Å². The van der Waals surface area contributed by atoms with Crippen LogP contribution in [0.5, 0.6) is 5.75 Å². The van der Waals surface area contributed by atoms with E-state index in [9.17, 15) is 9.59 Å². The summed E-state index contributed by atoms with van der Waals surface area (Å²) in [6.45, 7) is 1.81. The molecule has 0 aliphatic heterocycles. The first kappa shape index (κ1) is 20.1. The third-order valence-corrected chi connectivity index (χ3v) is 4.29. The van der Waals surface area contributed by atoms with Crippen molar-refractivity contribution in [3.8, 4) is 5.75 Å². The zero-order valence-electron chi connectivity index (χ0n) is 14.6. The fourth-order valence-electron chi connectivity index (χ4n) is 2.40. The van der Waals surface area contributed by atoms with Gasteiger partial charge < -0.3 is 15.0 Å². The molecule has 0 aliphatic carbocycles. The SMILES string of the molecule is COc1ccc(Cl)cc1NC(=O)CN(CCc1ccc(Cl)cc1)C(C)=O. The van der Waals surface area contributed by atoms with Gasteiger partial charge >= 0.3 is 0 Å². The number of ether oxygens (including phenoxy) is 1. The molecule has 0 saturated carbocycles. The molecule has 0 radical (unpaired) electrons. The maximum absolute atomic E-state index is 12.3. The van der Waals surface area contributed by atoms with Crippen LogP contribution in [-0.4, -0.2) is 36.9 Å². The van der Waals surface area contributed by atoms with Gasteiger partial charge in [0.1, 0.15) is 5.75 Å². The smallest absolute Gasteiger partial charge is 0.244 e. The van der Waals surface area contributed by atoms with Crippen molar-refractivity contribution < 1.29 is 14.3 Å². The van der Waals surface area contributed by atoms with E-state index in [1.807, 2.05) is 12.1 Å². The molecule has 138 valence electrons. The number of anilines is 1. The van der Waals surface area contributed by atoms with E-state index in [1.54, 1.807) is 30.3 Å². The molecule has 5 nitrogen and oxygen atoms in total. The number of carbonyl (C=O) groups is 2. The van der Waals surface area contributed by atoms with Gasteiger partial charge in [0.2, 0.25) is 11.8 Å². The summed E-state index contributed by atoms with van der Waals surface area (Å²) in [5.41, 5.74) is 1.50. The number of amides is 2. The van der Waals surface area contributed by atoms with E-state index < -0.39 is 0 Å². The predicted octanol–water partition coefficient (Wildman–Crippen LogP) is 4.03. The van der Waals surface area contributed by atoms with E-state index in [0.29, 0.717) is 34.4 Å². The minimum absolute atomic E-state index is 0.0570. The zero-order valence-corrected chi connectivity index (χ0v) is 16.1. The van der Waals surface area contributed by atoms with Gasteiger partial charge in [-0.3, -0.25) is 9.59 Å². The fourth-order valence-corrected chi connectivity index (χ4v) is 2.70. The Morgan fingerprint density at radius 1 is 1.08 bits per heavy atom. The van der Waals surface area contributed by atoms with Crippen LogP contribution in [0.4, 0.5) is 5.69 Å². The second-order valence-corrected chi connectivity index (χ2v) is 6.58. The molecule has 0 aromatic heterocycles. The summed E-state index contributed by atoms with van der Waals surface area (Å²) in [5.74, 6) is 0.00216. The molecule has 1 N–H and O–H groups in total. The number of nitrogens with zero attached hydrogens (tertiary/aromatic N) is 1. The average molecular weight is 395 g/mol. The van der Waals surface area contributed by atoms with Crippen molar-refractivity contribution in [2.75, 3.05) is 25.5 Å². The maximum Gasteiger partial charge on any atom is 0.244 e. The first-order valence-electron chi connectivity index (χ1n) is 8.02. The third-order valence-electron chi connectivity index (χ3n) is 3.80. The normalized spacial score (nSPS) is 10.3. The molecule has 0 aliphatic rings. The van der Waals surface area contributed by atoms with Crippen molar-refractivity contribution >= 4 is 40.7 Å². The third kappa shape index (κ3) is 5.93. The van der Waals surface area contributed by atoms with Gasteiger partial charge in [-0.15, -0.1) is 0 Å². The summed E-state index contributed by atoms with van der Waals surface area (Å²) >= 11 is 11.8. The van der Waals surface area contributed by atoms with Gasteiger partial charge in [0.05, 0.1) is 19.3 Å². The van der Waals surface area contributed by atoms with Crippen molar-refractivity contribution in [2.24, 2.45) is 0 Å². The Morgan fingerprint density at radius 3 is 2.35 bits per heavy atom. The van der Waals surface area contributed by atoms with Gasteiger partial charge in [-0.2, -0.15) is 0 Å². The van der Waals surface area contributed by atoms with Gasteiger partial charge in [0.15, 0.2) is 0 Å². The summed E-state index contributed by atoms with van der Waals surface area (Å²) in [7, 11) is 1.51. The molecule has 0 spiro atoms. The number of hydrogen-bond donors (Lipinski definition) is 1. The molecule has 0 bridgehead atoms. The van der Waals surface area contributed by atoms with Crippen LogP contribution in [0.25, 0.3) is 0 Å². The molecule has 0 unspecified atom stereocenters. The molecular formula is C19H20Cl2N2O3. The Balaban J connectivity index is 1.98. The standard InChI is InChI=1S/C19H20Cl2N2O3/c1-13(24)23(10-9-14-3-5-15(20)6-4-14)12-19(25)22-17-11-16(21)7-8-18(17)26-2/h3-8,11H,9-10,12H2,1-2H3,(H,22,25). The summed E-state index contributed by atoms with van der Waals surface area (Å²) in [4.78, 5) is 25.7. The Bertz CT molecular complexity index is 779. The summed E-state index contributed by atoms with van der Waals surface area (Å²) in [5, 5.41) is 3.87. The van der Waals surface area contributed by atoms with E-state index in [0.717, 1.165) is 5.56 Å². The number of rotatable bonds is 7. The number of benzene rings is 2. The molecule has 2 rings (SSSR count). The number of methoxy groups -OCH3 is 1. The van der Waals surface area contributed by atoms with Gasteiger partial charge in [0.25, 0.3) is 0 Å². The molecule has 2 aromatic rings. The van der Waals surface area contributed by atoms with Crippen molar-refractivity contribution in [2.45, 2.75) is 13.3 Å². The predicted molar refractivity (Wildman–Crippen MR) is 104 cm³/mol. The average Bonchev–Trinajstić information content (AvgIpc) is 2.60. The molecule has 0 heterocycles. The second-order valence-electron chi connectivity index (χ2n) is 5.71. The minimum Gasteiger partial charge on any atom is -0.495 e. The Labute approximate surface area is 162 Å². The molecule has 26 heavy (non-hydrogen) atoms. The fraction of sp³-hybridized carbons (Fsp3) is 0.263. The molecule has 0 saturated heterocycles. The highest BCUT2D eigenvalue weighted by Gasteiger charge is 2.15. The highest BCUT2D eigenvalue weighted by atomic mass is 35.5. The maximum atomic E-state index is 12.3. The van der Waals surface area contributed by atoms with E-state index in [1.165, 1.54) is 18.9 Å². The van der Waals surface area contributed by atoms with E-state index >= 15 is 0 Å². The summed E-state index contributed by atoms with van der Waals surface area (Å²) in [6.07, 6.45) is 0.629. The zero-order chi connectivity index (χ0) is 19.1. The lowest BCUT2D eigenvalue weighted by molar-refractivity contribution is -0.132. The first-order valence-corrected chi connectivity index (χ1v) is 8.78. The van der Waals surface area contributed by atoms with Crippen LogP contribution in [0.2, 0.25) is 10.0 Å². The molecule has 2 amide bonds. The van der Waals surface area contributed by atoms with Crippen molar-refractivity contribution in [1.29, 1.82) is 0 Å². The van der Waals surface area contributed by atoms with Crippen molar-refractivity contribution in [3.63, 3.8) is 0 Å². The monoisotopic (exact) mass is 394 g/mol. The van der Waals surface area contributed by atoms with Crippen LogP contribution in [-0.2, 0) is 16.0 Å². The van der Waals surface area contributed by atoms with E-state index in [4.69, 9.17) is 27.9 Å². The Morgan fingerprint density at radius 2 is 1.73 bits per heavy atom. The van der Waals surface area contributed by atoms with Crippen LogP contribution < -0.4 is 10.1 Å². The minimum atomic E-state index is -0.322. The lowest BCUT2D eigenvalue weighted by Crippen LogP contribution is -2.38. The molecular weight excluding hydrogens is 375 g/mol. The Hall–Kier alpha value is -2.24. The van der Waals surface area contributed by atoms with Crippen molar-refractivity contribution in [3.05, 3.63) is 58.1 Å². The number of halogens is 2. The van der Waals surface area contributed by atoms with Crippen LogP contribution in [0, 0.1) is 0 Å². The van der Waals surface area contributed by atoms with Crippen LogP contribution in [0.1, 0.15) is 12.5 Å². The van der Waals surface area contributed by atoms with Crippen LogP contribution in [0.15, 0.2) is 42.5 Å². The number of carbonyl (C=O) groups excluding carboxylic acids is 2. The first-order chi connectivity index (χ1) is 12.4. The van der Waals surface area contributed by atoms with Crippen LogP contribution >= 0.6 is 23.2 Å². The Kier molecular flexibility index (Phi) is 7.30. The van der Waals surface area contributed by atoms with E-state index in [-0.39, 0.29) is 18.4 Å². The quantitative estimate of drug-likeness (QED) is 0.770. The summed E-state index contributed by atoms with van der Waals surface area (Å²) in [6, 6.07) is 12.3. The highest BCUT2D eigenvalue weighted by Crippen LogP contribution is 2.27. The topological polar surface area (TPSA) is 58.6 Å². The van der Waals surface area contributed by atoms with Gasteiger partial charge in [-0.1, -0.05) is 35.3 Å².